The highest BCUT2D eigenvalue weighted by Crippen LogP contribution is 2.36. The Bertz CT molecular complexity index is 447. The summed E-state index contributed by atoms with van der Waals surface area (Å²) in [7, 11) is 0. The molecule has 0 spiro atoms. The first-order chi connectivity index (χ1) is 9.33. The van der Waals surface area contributed by atoms with Crippen LogP contribution in [0.5, 0.6) is 0 Å². The van der Waals surface area contributed by atoms with Crippen LogP contribution in [0.2, 0.25) is 0 Å². The fourth-order valence-corrected chi connectivity index (χ4v) is 2.83. The molecular weight excluding hydrogens is 237 g/mol. The fourth-order valence-electron chi connectivity index (χ4n) is 2.83. The molecule has 1 aromatic rings. The number of nitrogens with zero attached hydrogens (tertiary/aromatic N) is 1. The molecule has 0 amide bonds. The molecule has 0 atom stereocenters. The maximum atomic E-state index is 12.0. The summed E-state index contributed by atoms with van der Waals surface area (Å²) in [5, 5.41) is 8.79. The lowest BCUT2D eigenvalue weighted by Gasteiger charge is -2.27. The molecule has 2 rings (SSSR count). The van der Waals surface area contributed by atoms with Crippen LogP contribution in [0.3, 0.4) is 0 Å². The SMILES string of the molecule is N#Cc1ccc([C@H]2CC[C@H](C=CCCF)CC2)cc1. The van der Waals surface area contributed by atoms with E-state index in [0.717, 1.165) is 5.56 Å². The van der Waals surface area contributed by atoms with Gasteiger partial charge in [0.15, 0.2) is 0 Å². The third-order valence-corrected chi connectivity index (χ3v) is 3.97. The van der Waals surface area contributed by atoms with Gasteiger partial charge in [0.25, 0.3) is 0 Å². The van der Waals surface area contributed by atoms with Crippen molar-refractivity contribution in [1.82, 2.24) is 0 Å². The Hall–Kier alpha value is -1.62. The van der Waals surface area contributed by atoms with Gasteiger partial charge in [0.2, 0.25) is 0 Å². The van der Waals surface area contributed by atoms with E-state index in [1.165, 1.54) is 31.2 Å². The number of hydrogen-bond donors (Lipinski definition) is 0. The second-order valence-electron chi connectivity index (χ2n) is 5.25. The Labute approximate surface area is 114 Å². The summed E-state index contributed by atoms with van der Waals surface area (Å²) in [5.41, 5.74) is 2.08. The summed E-state index contributed by atoms with van der Waals surface area (Å²) in [6, 6.07) is 10.1. The van der Waals surface area contributed by atoms with Gasteiger partial charge in [-0.3, -0.25) is 4.39 Å². The molecule has 1 aliphatic carbocycles. The van der Waals surface area contributed by atoms with Crippen molar-refractivity contribution in [2.45, 2.75) is 38.0 Å². The molecule has 1 saturated carbocycles. The van der Waals surface area contributed by atoms with Crippen molar-refractivity contribution in [2.24, 2.45) is 5.92 Å². The zero-order valence-corrected chi connectivity index (χ0v) is 11.2. The molecule has 1 aromatic carbocycles. The molecule has 19 heavy (non-hydrogen) atoms. The van der Waals surface area contributed by atoms with Gasteiger partial charge in [0.1, 0.15) is 0 Å². The minimum absolute atomic E-state index is 0.253. The van der Waals surface area contributed by atoms with Crippen LogP contribution in [0.1, 0.15) is 49.1 Å². The van der Waals surface area contributed by atoms with Crippen molar-refractivity contribution in [3.05, 3.63) is 47.5 Å². The van der Waals surface area contributed by atoms with E-state index in [2.05, 4.69) is 24.3 Å². The monoisotopic (exact) mass is 257 g/mol. The Morgan fingerprint density at radius 3 is 2.42 bits per heavy atom. The van der Waals surface area contributed by atoms with Gasteiger partial charge in [-0.25, -0.2) is 0 Å². The predicted octanol–water partition coefficient (Wildman–Crippen LogP) is 4.75. The van der Waals surface area contributed by atoms with Crippen LogP contribution in [-0.2, 0) is 0 Å². The standard InChI is InChI=1S/C17H20FN/c18-12-2-1-3-14-4-8-16(9-5-14)17-10-6-15(13-19)7-11-17/h1,3,6-7,10-11,14,16H,2,4-5,8-9,12H2/t14-,16-. The second-order valence-corrected chi connectivity index (χ2v) is 5.25. The maximum Gasteiger partial charge on any atom is 0.0991 e. The van der Waals surface area contributed by atoms with Gasteiger partial charge in [-0.2, -0.15) is 5.26 Å². The second kappa shape index (κ2) is 7.09. The van der Waals surface area contributed by atoms with Crippen molar-refractivity contribution in [3.63, 3.8) is 0 Å². The van der Waals surface area contributed by atoms with Crippen molar-refractivity contribution < 1.29 is 4.39 Å². The first-order valence-electron chi connectivity index (χ1n) is 7.06. The Morgan fingerprint density at radius 1 is 1.16 bits per heavy atom. The largest absolute Gasteiger partial charge is 0.251 e. The van der Waals surface area contributed by atoms with Crippen molar-refractivity contribution in [3.8, 4) is 6.07 Å². The minimum atomic E-state index is -0.253. The van der Waals surface area contributed by atoms with Gasteiger partial charge in [0, 0.05) is 0 Å². The predicted molar refractivity (Wildman–Crippen MR) is 75.6 cm³/mol. The molecule has 0 aromatic heterocycles. The summed E-state index contributed by atoms with van der Waals surface area (Å²) < 4.78 is 12.0. The molecule has 2 heteroatoms. The van der Waals surface area contributed by atoms with Crippen LogP contribution < -0.4 is 0 Å². The molecule has 100 valence electrons. The first kappa shape index (κ1) is 13.8. The smallest absolute Gasteiger partial charge is 0.0991 e. The van der Waals surface area contributed by atoms with Gasteiger partial charge < -0.3 is 0 Å². The van der Waals surface area contributed by atoms with Crippen LogP contribution in [-0.4, -0.2) is 6.67 Å². The molecule has 1 aliphatic rings. The quantitative estimate of drug-likeness (QED) is 0.714. The van der Waals surface area contributed by atoms with Crippen LogP contribution in [0.4, 0.5) is 4.39 Å². The van der Waals surface area contributed by atoms with E-state index in [1.54, 1.807) is 0 Å². The summed E-state index contributed by atoms with van der Waals surface area (Å²) in [5.74, 6) is 1.25. The molecule has 0 N–H and O–H groups in total. The molecule has 1 nitrogen and oxygen atoms in total. The van der Waals surface area contributed by atoms with Gasteiger partial charge >= 0.3 is 0 Å². The zero-order chi connectivity index (χ0) is 13.5. The van der Waals surface area contributed by atoms with E-state index in [1.807, 2.05) is 18.2 Å². The number of hydrogen-bond acceptors (Lipinski definition) is 1. The fraction of sp³-hybridized carbons (Fsp3) is 0.471. The number of halogens is 1. The first-order valence-corrected chi connectivity index (χ1v) is 7.06. The van der Waals surface area contributed by atoms with Crippen LogP contribution in [0.15, 0.2) is 36.4 Å². The van der Waals surface area contributed by atoms with Crippen LogP contribution >= 0.6 is 0 Å². The number of benzene rings is 1. The van der Waals surface area contributed by atoms with E-state index < -0.39 is 0 Å². The third-order valence-electron chi connectivity index (χ3n) is 3.97. The van der Waals surface area contributed by atoms with E-state index in [0.29, 0.717) is 18.3 Å². The highest BCUT2D eigenvalue weighted by atomic mass is 19.1. The van der Waals surface area contributed by atoms with Crippen LogP contribution in [0, 0.1) is 17.2 Å². The number of allylic oxidation sites excluding steroid dienone is 2. The van der Waals surface area contributed by atoms with Gasteiger partial charge in [-0.15, -0.1) is 0 Å². The summed E-state index contributed by atoms with van der Waals surface area (Å²) in [6.07, 6.45) is 9.48. The van der Waals surface area contributed by atoms with Gasteiger partial charge in [-0.1, -0.05) is 24.3 Å². The maximum absolute atomic E-state index is 12.0. The molecule has 0 aliphatic heterocycles. The number of nitriles is 1. The third kappa shape index (κ3) is 3.92. The molecule has 0 heterocycles. The van der Waals surface area contributed by atoms with E-state index in [-0.39, 0.29) is 6.67 Å². The molecule has 1 fully saturated rings. The lowest BCUT2D eigenvalue weighted by atomic mass is 9.78. The molecule has 0 unspecified atom stereocenters. The molecule has 0 radical (unpaired) electrons. The molecule has 0 bridgehead atoms. The van der Waals surface area contributed by atoms with Crippen molar-refractivity contribution in [1.29, 1.82) is 5.26 Å². The summed E-state index contributed by atoms with van der Waals surface area (Å²) >= 11 is 0. The Morgan fingerprint density at radius 2 is 1.84 bits per heavy atom. The number of alkyl halides is 1. The van der Waals surface area contributed by atoms with Crippen LogP contribution in [0.25, 0.3) is 0 Å². The van der Waals surface area contributed by atoms with Gasteiger partial charge in [-0.05, 0) is 61.6 Å². The van der Waals surface area contributed by atoms with E-state index >= 15 is 0 Å². The lowest BCUT2D eigenvalue weighted by molar-refractivity contribution is 0.375. The van der Waals surface area contributed by atoms with Crippen molar-refractivity contribution >= 4 is 0 Å². The number of rotatable bonds is 4. The van der Waals surface area contributed by atoms with E-state index in [4.69, 9.17) is 5.26 Å². The minimum Gasteiger partial charge on any atom is -0.251 e. The summed E-state index contributed by atoms with van der Waals surface area (Å²) in [4.78, 5) is 0. The normalized spacial score (nSPS) is 23.4. The van der Waals surface area contributed by atoms with E-state index in [9.17, 15) is 4.39 Å². The topological polar surface area (TPSA) is 23.8 Å². The van der Waals surface area contributed by atoms with Gasteiger partial charge in [0.05, 0.1) is 18.3 Å². The summed E-state index contributed by atoms with van der Waals surface area (Å²) in [6.45, 7) is -0.253. The molecular formula is C17H20FN. The van der Waals surface area contributed by atoms with Crippen molar-refractivity contribution in [2.75, 3.05) is 6.67 Å². The Balaban J connectivity index is 1.87. The Kier molecular flexibility index (Phi) is 5.15. The zero-order valence-electron chi connectivity index (χ0n) is 11.2. The average molecular weight is 257 g/mol. The highest BCUT2D eigenvalue weighted by molar-refractivity contribution is 5.33. The highest BCUT2D eigenvalue weighted by Gasteiger charge is 2.20. The lowest BCUT2D eigenvalue weighted by Crippen LogP contribution is -2.11. The average Bonchev–Trinajstić information content (AvgIpc) is 2.48. The molecule has 0 saturated heterocycles.